The first-order valence-electron chi connectivity index (χ1n) is 4.98. The Labute approximate surface area is 86.3 Å². The SMILES string of the molecule is CCNC(C)=CC(=O)C=C(C)NCC. The summed E-state index contributed by atoms with van der Waals surface area (Å²) in [6, 6.07) is 0. The summed E-state index contributed by atoms with van der Waals surface area (Å²) in [7, 11) is 0. The van der Waals surface area contributed by atoms with Gasteiger partial charge in [0.25, 0.3) is 0 Å². The van der Waals surface area contributed by atoms with Gasteiger partial charge in [0.1, 0.15) is 0 Å². The van der Waals surface area contributed by atoms with Crippen LogP contribution in [0.15, 0.2) is 23.5 Å². The van der Waals surface area contributed by atoms with Crippen molar-refractivity contribution in [1.82, 2.24) is 10.6 Å². The average Bonchev–Trinajstić information content (AvgIpc) is 2.03. The molecule has 80 valence electrons. The van der Waals surface area contributed by atoms with Crippen LogP contribution in [-0.2, 0) is 4.79 Å². The number of rotatable bonds is 6. The lowest BCUT2D eigenvalue weighted by Gasteiger charge is -2.02. The Morgan fingerprint density at radius 2 is 1.36 bits per heavy atom. The Morgan fingerprint density at radius 3 is 1.64 bits per heavy atom. The van der Waals surface area contributed by atoms with Gasteiger partial charge in [0.15, 0.2) is 5.78 Å². The average molecular weight is 196 g/mol. The highest BCUT2D eigenvalue weighted by molar-refractivity contribution is 5.99. The molecule has 0 fully saturated rings. The van der Waals surface area contributed by atoms with Gasteiger partial charge in [-0.15, -0.1) is 0 Å². The predicted molar refractivity (Wildman–Crippen MR) is 59.9 cm³/mol. The summed E-state index contributed by atoms with van der Waals surface area (Å²) in [5.41, 5.74) is 1.80. The largest absolute Gasteiger partial charge is 0.389 e. The summed E-state index contributed by atoms with van der Waals surface area (Å²) >= 11 is 0. The van der Waals surface area contributed by atoms with Gasteiger partial charge in [-0.3, -0.25) is 4.79 Å². The second kappa shape index (κ2) is 7.18. The van der Waals surface area contributed by atoms with E-state index in [0.717, 1.165) is 24.5 Å². The lowest BCUT2D eigenvalue weighted by molar-refractivity contribution is -0.110. The molecule has 3 nitrogen and oxygen atoms in total. The molecule has 14 heavy (non-hydrogen) atoms. The zero-order valence-corrected chi connectivity index (χ0v) is 9.48. The summed E-state index contributed by atoms with van der Waals surface area (Å²) < 4.78 is 0. The number of ketones is 1. The number of hydrogen-bond acceptors (Lipinski definition) is 3. The van der Waals surface area contributed by atoms with Crippen LogP contribution in [0.1, 0.15) is 27.7 Å². The Balaban J connectivity index is 4.21. The molecule has 0 aromatic rings. The van der Waals surface area contributed by atoms with Gasteiger partial charge < -0.3 is 10.6 Å². The standard InChI is InChI=1S/C11H20N2O/c1-5-12-9(3)7-11(14)8-10(4)13-6-2/h7-8,12-13H,5-6H2,1-4H3. The highest BCUT2D eigenvalue weighted by Crippen LogP contribution is 1.92. The Bertz CT molecular complexity index is 218. The maximum atomic E-state index is 11.4. The molecule has 2 N–H and O–H groups in total. The summed E-state index contributed by atoms with van der Waals surface area (Å²) in [6.45, 7) is 9.45. The molecular formula is C11H20N2O. The molecule has 0 saturated heterocycles. The molecule has 0 aromatic carbocycles. The first kappa shape index (κ1) is 12.8. The first-order chi connectivity index (χ1) is 6.60. The van der Waals surface area contributed by atoms with Crippen molar-refractivity contribution in [2.45, 2.75) is 27.7 Å². The normalized spacial score (nSPS) is 12.6. The van der Waals surface area contributed by atoms with Gasteiger partial charge in [-0.25, -0.2) is 0 Å². The number of hydrogen-bond donors (Lipinski definition) is 2. The van der Waals surface area contributed by atoms with Gasteiger partial charge in [-0.1, -0.05) is 0 Å². The summed E-state index contributed by atoms with van der Waals surface area (Å²) in [5.74, 6) is 0.0156. The van der Waals surface area contributed by atoms with Crippen molar-refractivity contribution in [2.75, 3.05) is 13.1 Å². The first-order valence-corrected chi connectivity index (χ1v) is 4.98. The van der Waals surface area contributed by atoms with Gasteiger partial charge in [0, 0.05) is 36.6 Å². The third-order valence-electron chi connectivity index (χ3n) is 1.63. The van der Waals surface area contributed by atoms with E-state index in [2.05, 4.69) is 10.6 Å². The van der Waals surface area contributed by atoms with Crippen LogP contribution in [0.4, 0.5) is 0 Å². The number of nitrogens with one attached hydrogen (secondary N) is 2. The molecule has 0 aliphatic carbocycles. The van der Waals surface area contributed by atoms with Gasteiger partial charge >= 0.3 is 0 Å². The Hall–Kier alpha value is -1.25. The molecule has 0 unspecified atom stereocenters. The topological polar surface area (TPSA) is 41.1 Å². The van der Waals surface area contributed by atoms with E-state index in [1.54, 1.807) is 12.2 Å². The molecule has 0 spiro atoms. The fourth-order valence-corrected chi connectivity index (χ4v) is 1.13. The van der Waals surface area contributed by atoms with Crippen LogP contribution in [-0.4, -0.2) is 18.9 Å². The lowest BCUT2D eigenvalue weighted by atomic mass is 10.2. The van der Waals surface area contributed by atoms with Crippen molar-refractivity contribution in [3.8, 4) is 0 Å². The molecule has 0 rings (SSSR count). The Kier molecular flexibility index (Phi) is 6.54. The van der Waals surface area contributed by atoms with Crippen LogP contribution < -0.4 is 10.6 Å². The molecule has 0 bridgehead atoms. The fourth-order valence-electron chi connectivity index (χ4n) is 1.13. The Morgan fingerprint density at radius 1 is 1.00 bits per heavy atom. The van der Waals surface area contributed by atoms with Crippen molar-refractivity contribution in [2.24, 2.45) is 0 Å². The zero-order valence-electron chi connectivity index (χ0n) is 9.48. The summed E-state index contributed by atoms with van der Waals surface area (Å²) in [4.78, 5) is 11.4. The lowest BCUT2D eigenvalue weighted by Crippen LogP contribution is -2.12. The van der Waals surface area contributed by atoms with Crippen LogP contribution in [0, 0.1) is 0 Å². The molecule has 0 aromatic heterocycles. The smallest absolute Gasteiger partial charge is 0.182 e. The maximum absolute atomic E-state index is 11.4. The van der Waals surface area contributed by atoms with Gasteiger partial charge in [0.2, 0.25) is 0 Å². The summed E-state index contributed by atoms with van der Waals surface area (Å²) in [6.07, 6.45) is 3.20. The van der Waals surface area contributed by atoms with Crippen molar-refractivity contribution in [3.05, 3.63) is 23.5 Å². The highest BCUT2D eigenvalue weighted by atomic mass is 16.1. The van der Waals surface area contributed by atoms with Crippen LogP contribution >= 0.6 is 0 Å². The monoisotopic (exact) mass is 196 g/mol. The van der Waals surface area contributed by atoms with Crippen molar-refractivity contribution < 1.29 is 4.79 Å². The summed E-state index contributed by atoms with van der Waals surface area (Å²) in [5, 5.41) is 6.14. The molecule has 3 heteroatoms. The van der Waals surface area contributed by atoms with E-state index in [0.29, 0.717) is 0 Å². The second-order valence-corrected chi connectivity index (χ2v) is 3.12. The molecule has 0 saturated carbocycles. The van der Waals surface area contributed by atoms with E-state index in [-0.39, 0.29) is 5.78 Å². The van der Waals surface area contributed by atoms with E-state index in [1.165, 1.54) is 0 Å². The van der Waals surface area contributed by atoms with E-state index >= 15 is 0 Å². The third kappa shape index (κ3) is 6.29. The molecule has 0 amide bonds. The van der Waals surface area contributed by atoms with Crippen LogP contribution in [0.5, 0.6) is 0 Å². The van der Waals surface area contributed by atoms with Crippen molar-refractivity contribution in [3.63, 3.8) is 0 Å². The fraction of sp³-hybridized carbons (Fsp3) is 0.545. The quantitative estimate of drug-likeness (QED) is 0.634. The number of carbonyl (C=O) groups excluding carboxylic acids is 1. The van der Waals surface area contributed by atoms with Gasteiger partial charge in [-0.05, 0) is 27.7 Å². The van der Waals surface area contributed by atoms with E-state index in [9.17, 15) is 4.79 Å². The minimum atomic E-state index is 0.0156. The van der Waals surface area contributed by atoms with E-state index < -0.39 is 0 Å². The highest BCUT2D eigenvalue weighted by Gasteiger charge is 1.94. The van der Waals surface area contributed by atoms with Crippen LogP contribution in [0.3, 0.4) is 0 Å². The maximum Gasteiger partial charge on any atom is 0.182 e. The number of allylic oxidation sites excluding steroid dienone is 4. The van der Waals surface area contributed by atoms with E-state index in [1.807, 2.05) is 27.7 Å². The second-order valence-electron chi connectivity index (χ2n) is 3.12. The van der Waals surface area contributed by atoms with Gasteiger partial charge in [0.05, 0.1) is 0 Å². The van der Waals surface area contributed by atoms with Crippen LogP contribution in [0.25, 0.3) is 0 Å². The molecule has 0 radical (unpaired) electrons. The molecule has 0 aliphatic heterocycles. The van der Waals surface area contributed by atoms with E-state index in [4.69, 9.17) is 0 Å². The van der Waals surface area contributed by atoms with Crippen molar-refractivity contribution in [1.29, 1.82) is 0 Å². The minimum absolute atomic E-state index is 0.0156. The molecule has 0 heterocycles. The third-order valence-corrected chi connectivity index (χ3v) is 1.63. The number of carbonyl (C=O) groups is 1. The van der Waals surface area contributed by atoms with Crippen LogP contribution in [0.2, 0.25) is 0 Å². The molecular weight excluding hydrogens is 176 g/mol. The zero-order chi connectivity index (χ0) is 11.0. The van der Waals surface area contributed by atoms with Crippen molar-refractivity contribution >= 4 is 5.78 Å². The predicted octanol–water partition coefficient (Wildman–Crippen LogP) is 1.58. The molecule has 0 aliphatic rings. The molecule has 0 atom stereocenters. The minimum Gasteiger partial charge on any atom is -0.389 e. The van der Waals surface area contributed by atoms with Gasteiger partial charge in [-0.2, -0.15) is 0 Å².